The molecule has 1 aliphatic carbocycles. The first-order chi connectivity index (χ1) is 14.5. The number of carbonyl (C=O) groups is 2. The number of hydrogen-bond donors (Lipinski definition) is 1. The Hall–Kier alpha value is -3.22. The molecule has 1 N–H and O–H groups in total. The maximum absolute atomic E-state index is 12.9. The lowest BCUT2D eigenvalue weighted by atomic mass is 10.0. The number of hydrogen-bond acceptors (Lipinski definition) is 5. The van der Waals surface area contributed by atoms with E-state index >= 15 is 0 Å². The summed E-state index contributed by atoms with van der Waals surface area (Å²) in [5.74, 6) is 1.57. The minimum Gasteiger partial charge on any atom is -0.497 e. The molecule has 2 amide bonds. The Morgan fingerprint density at radius 3 is 2.40 bits per heavy atom. The molecule has 7 nitrogen and oxygen atoms in total. The molecule has 1 fully saturated rings. The largest absolute Gasteiger partial charge is 0.497 e. The Balaban J connectivity index is 1.45. The van der Waals surface area contributed by atoms with E-state index in [0.717, 1.165) is 35.4 Å². The van der Waals surface area contributed by atoms with Gasteiger partial charge in [0, 0.05) is 18.7 Å². The second-order valence-electron chi connectivity index (χ2n) is 7.61. The van der Waals surface area contributed by atoms with E-state index in [1.54, 1.807) is 26.2 Å². The van der Waals surface area contributed by atoms with Crippen LogP contribution in [0.4, 0.5) is 5.69 Å². The van der Waals surface area contributed by atoms with Gasteiger partial charge in [-0.1, -0.05) is 0 Å². The minimum absolute atomic E-state index is 0.0430. The van der Waals surface area contributed by atoms with Gasteiger partial charge in [0.15, 0.2) is 11.5 Å². The lowest BCUT2D eigenvalue weighted by molar-refractivity contribution is -0.127. The van der Waals surface area contributed by atoms with Crippen molar-refractivity contribution in [2.24, 2.45) is 5.92 Å². The molecule has 1 heterocycles. The normalized spacial score (nSPS) is 20.1. The van der Waals surface area contributed by atoms with Crippen molar-refractivity contribution in [2.45, 2.75) is 25.3 Å². The molecular formula is C23H26N2O5. The predicted octanol–water partition coefficient (Wildman–Crippen LogP) is 2.87. The van der Waals surface area contributed by atoms with Gasteiger partial charge < -0.3 is 24.4 Å². The van der Waals surface area contributed by atoms with Crippen LogP contribution in [0.15, 0.2) is 36.4 Å². The number of anilines is 1. The third-order valence-electron chi connectivity index (χ3n) is 5.92. The zero-order chi connectivity index (χ0) is 21.3. The molecular weight excluding hydrogens is 384 g/mol. The van der Waals surface area contributed by atoms with E-state index in [0.29, 0.717) is 18.0 Å². The number of benzene rings is 2. The Kier molecular flexibility index (Phi) is 5.53. The van der Waals surface area contributed by atoms with Gasteiger partial charge in [-0.25, -0.2) is 0 Å². The molecule has 1 saturated heterocycles. The van der Waals surface area contributed by atoms with E-state index in [4.69, 9.17) is 14.2 Å². The second kappa shape index (κ2) is 8.26. The van der Waals surface area contributed by atoms with Crippen molar-refractivity contribution in [3.8, 4) is 17.2 Å². The molecule has 2 aromatic carbocycles. The molecule has 0 spiro atoms. The van der Waals surface area contributed by atoms with E-state index in [1.807, 2.05) is 36.4 Å². The van der Waals surface area contributed by atoms with E-state index in [2.05, 4.69) is 5.32 Å². The zero-order valence-electron chi connectivity index (χ0n) is 17.4. The fourth-order valence-electron chi connectivity index (χ4n) is 4.27. The molecule has 0 aromatic heterocycles. The number of rotatable bonds is 6. The Labute approximate surface area is 175 Å². The van der Waals surface area contributed by atoms with Gasteiger partial charge in [-0.2, -0.15) is 0 Å². The van der Waals surface area contributed by atoms with Gasteiger partial charge in [0.2, 0.25) is 11.8 Å². The van der Waals surface area contributed by atoms with E-state index in [1.165, 1.54) is 0 Å². The van der Waals surface area contributed by atoms with E-state index in [-0.39, 0.29) is 30.2 Å². The highest BCUT2D eigenvalue weighted by molar-refractivity contribution is 6.00. The van der Waals surface area contributed by atoms with Crippen molar-refractivity contribution >= 4 is 17.5 Å². The van der Waals surface area contributed by atoms with Gasteiger partial charge in [0.25, 0.3) is 0 Å². The molecule has 0 saturated carbocycles. The van der Waals surface area contributed by atoms with Crippen molar-refractivity contribution in [3.05, 3.63) is 47.5 Å². The average molecular weight is 410 g/mol. The number of fused-ring (bicyclic) bond motifs is 1. The smallest absolute Gasteiger partial charge is 0.227 e. The Bertz CT molecular complexity index is 957. The van der Waals surface area contributed by atoms with Crippen LogP contribution in [0.3, 0.4) is 0 Å². The van der Waals surface area contributed by atoms with Crippen LogP contribution in [0.25, 0.3) is 0 Å². The maximum Gasteiger partial charge on any atom is 0.227 e. The van der Waals surface area contributed by atoms with Crippen molar-refractivity contribution in [1.82, 2.24) is 5.32 Å². The van der Waals surface area contributed by atoms with E-state index in [9.17, 15) is 9.59 Å². The van der Waals surface area contributed by atoms with E-state index < -0.39 is 0 Å². The van der Waals surface area contributed by atoms with Gasteiger partial charge in [-0.3, -0.25) is 9.59 Å². The molecule has 0 radical (unpaired) electrons. The highest BCUT2D eigenvalue weighted by Crippen LogP contribution is 2.39. The third-order valence-corrected chi connectivity index (χ3v) is 5.92. The first kappa shape index (κ1) is 20.1. The summed E-state index contributed by atoms with van der Waals surface area (Å²) in [5.41, 5.74) is 2.98. The molecule has 30 heavy (non-hydrogen) atoms. The summed E-state index contributed by atoms with van der Waals surface area (Å²) in [4.78, 5) is 27.1. The standard InChI is InChI=1S/C23H26N2O5/c1-28-17-7-5-16(6-8-17)25-13-15(11-22(25)26)23(27)24-19-9-4-14-10-20(29-2)21(30-3)12-18(14)19/h5-8,10,12,15,19H,4,9,11,13H2,1-3H3,(H,24,27)/t15-,19-/m1/s1. The molecule has 1 aliphatic heterocycles. The van der Waals surface area contributed by atoms with Crippen molar-refractivity contribution in [3.63, 3.8) is 0 Å². The SMILES string of the molecule is COc1ccc(N2C[C@H](C(=O)N[C@@H]3CCc4cc(OC)c(OC)cc43)CC2=O)cc1. The molecule has 2 atom stereocenters. The van der Waals surface area contributed by atoms with Gasteiger partial charge in [0.1, 0.15) is 5.75 Å². The summed E-state index contributed by atoms with van der Waals surface area (Å²) < 4.78 is 16.0. The molecule has 2 aliphatic rings. The first-order valence-electron chi connectivity index (χ1n) is 10.0. The Morgan fingerprint density at radius 2 is 1.73 bits per heavy atom. The number of methoxy groups -OCH3 is 3. The molecule has 158 valence electrons. The molecule has 2 aromatic rings. The number of nitrogens with one attached hydrogen (secondary N) is 1. The number of aryl methyl sites for hydroxylation is 1. The quantitative estimate of drug-likeness (QED) is 0.793. The fourth-order valence-corrected chi connectivity index (χ4v) is 4.27. The summed E-state index contributed by atoms with van der Waals surface area (Å²) in [6, 6.07) is 11.1. The number of ether oxygens (including phenoxy) is 3. The highest BCUT2D eigenvalue weighted by Gasteiger charge is 2.37. The zero-order valence-corrected chi connectivity index (χ0v) is 17.4. The number of nitrogens with zero attached hydrogens (tertiary/aromatic N) is 1. The topological polar surface area (TPSA) is 77.1 Å². The lowest BCUT2D eigenvalue weighted by Crippen LogP contribution is -2.34. The lowest BCUT2D eigenvalue weighted by Gasteiger charge is -2.19. The van der Waals surface area contributed by atoms with Crippen LogP contribution in [-0.4, -0.2) is 39.7 Å². The molecule has 4 rings (SSSR count). The van der Waals surface area contributed by atoms with Crippen molar-refractivity contribution < 1.29 is 23.8 Å². The Morgan fingerprint density at radius 1 is 1.03 bits per heavy atom. The fraction of sp³-hybridized carbons (Fsp3) is 0.391. The molecule has 0 bridgehead atoms. The maximum atomic E-state index is 12.9. The van der Waals surface area contributed by atoms with Crippen molar-refractivity contribution in [2.75, 3.05) is 32.8 Å². The highest BCUT2D eigenvalue weighted by atomic mass is 16.5. The molecule has 7 heteroatoms. The number of carbonyl (C=O) groups excluding carboxylic acids is 2. The summed E-state index contributed by atoms with van der Waals surface area (Å²) in [7, 11) is 4.82. The summed E-state index contributed by atoms with van der Waals surface area (Å²) >= 11 is 0. The monoisotopic (exact) mass is 410 g/mol. The van der Waals surface area contributed by atoms with Crippen LogP contribution in [0.5, 0.6) is 17.2 Å². The van der Waals surface area contributed by atoms with Crippen LogP contribution in [0, 0.1) is 5.92 Å². The van der Waals surface area contributed by atoms with Gasteiger partial charge in [-0.15, -0.1) is 0 Å². The van der Waals surface area contributed by atoms with Gasteiger partial charge >= 0.3 is 0 Å². The predicted molar refractivity (Wildman–Crippen MR) is 112 cm³/mol. The van der Waals surface area contributed by atoms with Crippen LogP contribution in [0.2, 0.25) is 0 Å². The van der Waals surface area contributed by atoms with Crippen LogP contribution >= 0.6 is 0 Å². The summed E-state index contributed by atoms with van der Waals surface area (Å²) in [5, 5.41) is 3.14. The van der Waals surface area contributed by atoms with Crippen LogP contribution in [-0.2, 0) is 16.0 Å². The van der Waals surface area contributed by atoms with Gasteiger partial charge in [-0.05, 0) is 60.4 Å². The van der Waals surface area contributed by atoms with Gasteiger partial charge in [0.05, 0.1) is 33.3 Å². The van der Waals surface area contributed by atoms with Crippen LogP contribution < -0.4 is 24.4 Å². The second-order valence-corrected chi connectivity index (χ2v) is 7.61. The van der Waals surface area contributed by atoms with Crippen LogP contribution in [0.1, 0.15) is 30.0 Å². The summed E-state index contributed by atoms with van der Waals surface area (Å²) in [6.45, 7) is 0.377. The number of amides is 2. The van der Waals surface area contributed by atoms with Crippen molar-refractivity contribution in [1.29, 1.82) is 0 Å². The third kappa shape index (κ3) is 3.67. The summed E-state index contributed by atoms with van der Waals surface area (Å²) in [6.07, 6.45) is 1.89. The first-order valence-corrected chi connectivity index (χ1v) is 10.0. The minimum atomic E-state index is -0.371. The molecule has 0 unspecified atom stereocenters. The average Bonchev–Trinajstić information content (AvgIpc) is 3.35.